The second-order valence-corrected chi connectivity index (χ2v) is 12.6. The van der Waals surface area contributed by atoms with E-state index in [9.17, 15) is 25.3 Å². The number of nitrogen functional groups attached to an aromatic ring is 1. The molecule has 0 saturated carbocycles. The van der Waals surface area contributed by atoms with E-state index < -0.39 is 53.7 Å². The predicted octanol–water partition coefficient (Wildman–Crippen LogP) is -0.156. The van der Waals surface area contributed by atoms with Gasteiger partial charge in [0, 0.05) is 17.9 Å². The van der Waals surface area contributed by atoms with Gasteiger partial charge in [0.15, 0.2) is 19.7 Å². The van der Waals surface area contributed by atoms with Crippen LogP contribution in [0.1, 0.15) is 0 Å². The standard InChI is InChI=1S/C18H25N3O9S3/c19-13-1-3-16(17(11-13)32(26,27)9-10-33(28,29)30)21-14-2-4-15(20-5-6-22)18(12-14)31(24,25)8-7-23/h1-4,11-12,20-23H,5-10,19H2,(H,28,29,30). The maximum absolute atomic E-state index is 12.7. The molecule has 0 unspecified atom stereocenters. The summed E-state index contributed by atoms with van der Waals surface area (Å²) < 4.78 is 81.5. The van der Waals surface area contributed by atoms with E-state index in [1.54, 1.807) is 0 Å². The maximum Gasteiger partial charge on any atom is 0.265 e. The first kappa shape index (κ1) is 26.8. The number of aliphatic hydroxyl groups excluding tert-OH is 2. The molecule has 0 spiro atoms. The largest absolute Gasteiger partial charge is 0.399 e. The molecular weight excluding hydrogens is 498 g/mol. The van der Waals surface area contributed by atoms with Crippen molar-refractivity contribution in [2.24, 2.45) is 0 Å². The molecule has 184 valence electrons. The first-order valence-corrected chi connectivity index (χ1v) is 14.4. The monoisotopic (exact) mass is 523 g/mol. The highest BCUT2D eigenvalue weighted by Crippen LogP contribution is 2.31. The Morgan fingerprint density at radius 1 is 0.758 bits per heavy atom. The van der Waals surface area contributed by atoms with Gasteiger partial charge in [0.25, 0.3) is 10.1 Å². The number of sulfone groups is 2. The van der Waals surface area contributed by atoms with E-state index in [0.717, 1.165) is 6.07 Å². The average molecular weight is 524 g/mol. The second-order valence-electron chi connectivity index (χ2n) is 6.89. The number of anilines is 4. The molecule has 0 bridgehead atoms. The first-order valence-electron chi connectivity index (χ1n) is 9.46. The van der Waals surface area contributed by atoms with Crippen LogP contribution in [0.3, 0.4) is 0 Å². The summed E-state index contributed by atoms with van der Waals surface area (Å²) in [6.45, 7) is -0.800. The van der Waals surface area contributed by atoms with E-state index in [2.05, 4.69) is 10.6 Å². The Balaban J connectivity index is 2.51. The molecule has 0 fully saturated rings. The molecule has 0 aromatic heterocycles. The van der Waals surface area contributed by atoms with Gasteiger partial charge in [0.1, 0.15) is 0 Å². The van der Waals surface area contributed by atoms with E-state index in [-0.39, 0.29) is 45.7 Å². The van der Waals surface area contributed by atoms with Crippen LogP contribution in [-0.4, -0.2) is 77.0 Å². The van der Waals surface area contributed by atoms with Crippen molar-refractivity contribution in [2.75, 3.05) is 53.4 Å². The summed E-state index contributed by atoms with van der Waals surface area (Å²) >= 11 is 0. The third kappa shape index (κ3) is 7.55. The molecule has 7 N–H and O–H groups in total. The van der Waals surface area contributed by atoms with Gasteiger partial charge in [-0.1, -0.05) is 0 Å². The highest BCUT2D eigenvalue weighted by molar-refractivity contribution is 7.93. The highest BCUT2D eigenvalue weighted by atomic mass is 32.2. The van der Waals surface area contributed by atoms with E-state index in [1.807, 2.05) is 0 Å². The van der Waals surface area contributed by atoms with Crippen LogP contribution in [0.25, 0.3) is 0 Å². The van der Waals surface area contributed by atoms with Crippen molar-refractivity contribution in [3.8, 4) is 0 Å². The fourth-order valence-electron chi connectivity index (χ4n) is 2.80. The van der Waals surface area contributed by atoms with Crippen molar-refractivity contribution < 1.29 is 40.0 Å². The molecule has 12 nitrogen and oxygen atoms in total. The number of hydrogen-bond acceptors (Lipinski definition) is 11. The van der Waals surface area contributed by atoms with Crippen molar-refractivity contribution in [3.05, 3.63) is 36.4 Å². The maximum atomic E-state index is 12.7. The lowest BCUT2D eigenvalue weighted by molar-refractivity contribution is 0.311. The smallest absolute Gasteiger partial charge is 0.265 e. The van der Waals surface area contributed by atoms with Gasteiger partial charge in [-0.05, 0) is 36.4 Å². The molecular formula is C18H25N3O9S3. The van der Waals surface area contributed by atoms with Crippen LogP contribution in [0, 0.1) is 0 Å². The predicted molar refractivity (Wildman–Crippen MR) is 124 cm³/mol. The van der Waals surface area contributed by atoms with Gasteiger partial charge in [-0.3, -0.25) is 4.55 Å². The Kier molecular flexibility index (Phi) is 8.67. The topological polar surface area (TPSA) is 213 Å². The van der Waals surface area contributed by atoms with Gasteiger partial charge in [-0.15, -0.1) is 0 Å². The van der Waals surface area contributed by atoms with E-state index >= 15 is 0 Å². The number of rotatable bonds is 12. The van der Waals surface area contributed by atoms with E-state index in [4.69, 9.17) is 20.5 Å². The van der Waals surface area contributed by atoms with Crippen molar-refractivity contribution in [1.29, 1.82) is 0 Å². The molecule has 0 aliphatic rings. The van der Waals surface area contributed by atoms with Gasteiger partial charge in [0.2, 0.25) is 0 Å². The van der Waals surface area contributed by atoms with Gasteiger partial charge in [-0.2, -0.15) is 8.42 Å². The SMILES string of the molecule is Nc1ccc(Nc2ccc(NCCO)c(S(=O)(=O)CCO)c2)c(S(=O)(=O)CCS(=O)(=O)O)c1. The molecule has 15 heteroatoms. The minimum atomic E-state index is -4.53. The quantitative estimate of drug-likeness (QED) is 0.158. The van der Waals surface area contributed by atoms with Crippen LogP contribution >= 0.6 is 0 Å². The molecule has 0 radical (unpaired) electrons. The number of nitrogens with two attached hydrogens (primary N) is 1. The Labute approximate surface area is 192 Å². The molecule has 2 aromatic carbocycles. The van der Waals surface area contributed by atoms with Crippen LogP contribution in [0.2, 0.25) is 0 Å². The summed E-state index contributed by atoms with van der Waals surface area (Å²) in [6, 6.07) is 7.94. The molecule has 0 amide bonds. The lowest BCUT2D eigenvalue weighted by Crippen LogP contribution is -2.18. The summed E-state index contributed by atoms with van der Waals surface area (Å²) in [5.41, 5.74) is 6.13. The molecule has 0 atom stereocenters. The van der Waals surface area contributed by atoms with Crippen molar-refractivity contribution in [1.82, 2.24) is 0 Å². The summed E-state index contributed by atoms with van der Waals surface area (Å²) in [7, 11) is -12.7. The molecule has 0 aliphatic carbocycles. The summed E-state index contributed by atoms with van der Waals surface area (Å²) in [6.07, 6.45) is 0. The molecule has 0 aliphatic heterocycles. The van der Waals surface area contributed by atoms with E-state index in [0.29, 0.717) is 0 Å². The summed E-state index contributed by atoms with van der Waals surface area (Å²) in [4.78, 5) is -0.519. The molecule has 0 heterocycles. The summed E-state index contributed by atoms with van der Waals surface area (Å²) in [5.74, 6) is -2.47. The number of nitrogens with one attached hydrogen (secondary N) is 2. The zero-order chi connectivity index (χ0) is 24.9. The zero-order valence-electron chi connectivity index (χ0n) is 17.3. The molecule has 2 rings (SSSR count). The highest BCUT2D eigenvalue weighted by Gasteiger charge is 2.23. The fraction of sp³-hybridized carbons (Fsp3) is 0.333. The van der Waals surface area contributed by atoms with Crippen LogP contribution in [0.4, 0.5) is 22.7 Å². The van der Waals surface area contributed by atoms with E-state index in [1.165, 1.54) is 30.3 Å². The molecule has 0 saturated heterocycles. The zero-order valence-corrected chi connectivity index (χ0v) is 19.7. The Bertz CT molecular complexity index is 1310. The van der Waals surface area contributed by atoms with Crippen molar-refractivity contribution in [3.63, 3.8) is 0 Å². The Hall–Kier alpha value is -2.43. The Morgan fingerprint density at radius 3 is 1.97 bits per heavy atom. The van der Waals surface area contributed by atoms with Crippen LogP contribution < -0.4 is 16.4 Å². The molecule has 33 heavy (non-hydrogen) atoms. The van der Waals surface area contributed by atoms with Crippen molar-refractivity contribution >= 4 is 52.5 Å². The average Bonchev–Trinajstić information content (AvgIpc) is 2.72. The fourth-order valence-corrected chi connectivity index (χ4v) is 6.76. The van der Waals surface area contributed by atoms with Gasteiger partial charge < -0.3 is 26.6 Å². The first-order chi connectivity index (χ1) is 15.3. The normalized spacial score (nSPS) is 12.5. The van der Waals surface area contributed by atoms with Crippen LogP contribution in [0.15, 0.2) is 46.2 Å². The number of aliphatic hydroxyl groups is 2. The van der Waals surface area contributed by atoms with Gasteiger partial charge >= 0.3 is 0 Å². The third-order valence-electron chi connectivity index (χ3n) is 4.33. The van der Waals surface area contributed by atoms with Gasteiger partial charge in [0.05, 0.1) is 51.6 Å². The lowest BCUT2D eigenvalue weighted by Gasteiger charge is -2.16. The Morgan fingerprint density at radius 2 is 1.36 bits per heavy atom. The number of benzene rings is 2. The number of hydrogen-bond donors (Lipinski definition) is 6. The second kappa shape index (κ2) is 10.7. The van der Waals surface area contributed by atoms with Crippen LogP contribution in [-0.2, 0) is 29.8 Å². The van der Waals surface area contributed by atoms with Gasteiger partial charge in [-0.25, -0.2) is 16.8 Å². The minimum Gasteiger partial charge on any atom is -0.399 e. The molecule has 2 aromatic rings. The summed E-state index contributed by atoms with van der Waals surface area (Å²) in [5, 5.41) is 23.7. The third-order valence-corrected chi connectivity index (χ3v) is 8.79. The van der Waals surface area contributed by atoms with Crippen LogP contribution in [0.5, 0.6) is 0 Å². The minimum absolute atomic E-state index is 0.00103. The van der Waals surface area contributed by atoms with Crippen molar-refractivity contribution in [2.45, 2.75) is 9.79 Å². The lowest BCUT2D eigenvalue weighted by atomic mass is 10.2.